The van der Waals surface area contributed by atoms with E-state index in [9.17, 15) is 10.3 Å². The second-order valence-electron chi connectivity index (χ2n) is 12.0. The van der Waals surface area contributed by atoms with Gasteiger partial charge in [0, 0.05) is 24.2 Å². The summed E-state index contributed by atoms with van der Waals surface area (Å²) in [6.45, 7) is 9.23. The van der Waals surface area contributed by atoms with Crippen LogP contribution >= 0.6 is 0 Å². The van der Waals surface area contributed by atoms with Crippen LogP contribution in [0.2, 0.25) is 0 Å². The number of fused-ring (bicyclic) bond motifs is 5. The molecule has 2 saturated heterocycles. The molecular weight excluding hydrogens is 410 g/mol. The first kappa shape index (κ1) is 21.8. The lowest BCUT2D eigenvalue weighted by molar-refractivity contribution is -0.233. The number of nitrogens with zero attached hydrogens (tertiary/aromatic N) is 1. The van der Waals surface area contributed by atoms with Crippen molar-refractivity contribution < 1.29 is 29.3 Å². The highest BCUT2D eigenvalue weighted by Gasteiger charge is 2.68. The van der Waals surface area contributed by atoms with Crippen LogP contribution in [0.15, 0.2) is 5.16 Å². The zero-order chi connectivity index (χ0) is 22.4. The minimum atomic E-state index is -0.642. The third kappa shape index (κ3) is 2.75. The van der Waals surface area contributed by atoms with E-state index in [2.05, 4.69) is 25.9 Å². The highest BCUT2D eigenvalue weighted by Crippen LogP contribution is 2.69. The van der Waals surface area contributed by atoms with Gasteiger partial charge in [0.1, 0.15) is 0 Å². The molecule has 0 aromatic heterocycles. The van der Waals surface area contributed by atoms with Crippen LogP contribution in [-0.4, -0.2) is 60.1 Å². The Morgan fingerprint density at radius 3 is 2.25 bits per heavy atom. The monoisotopic (exact) mass is 449 g/mol. The number of oxime groups is 1. The molecule has 7 nitrogen and oxygen atoms in total. The van der Waals surface area contributed by atoms with Gasteiger partial charge in [0.25, 0.3) is 0 Å². The van der Waals surface area contributed by atoms with Crippen LogP contribution in [0.25, 0.3) is 0 Å². The van der Waals surface area contributed by atoms with Crippen molar-refractivity contribution in [3.8, 4) is 0 Å². The normalized spacial score (nSPS) is 52.7. The molecule has 32 heavy (non-hydrogen) atoms. The van der Waals surface area contributed by atoms with Crippen molar-refractivity contribution >= 4 is 5.71 Å². The first-order chi connectivity index (χ1) is 15.3. The molecule has 4 aliphatic carbocycles. The van der Waals surface area contributed by atoms with E-state index in [0.29, 0.717) is 50.6 Å². The zero-order valence-electron chi connectivity index (χ0n) is 19.7. The molecular formula is C25H39NO6. The van der Waals surface area contributed by atoms with E-state index < -0.39 is 17.7 Å². The van der Waals surface area contributed by atoms with Crippen LogP contribution in [0.3, 0.4) is 0 Å². The predicted molar refractivity (Wildman–Crippen MR) is 116 cm³/mol. The van der Waals surface area contributed by atoms with Crippen molar-refractivity contribution in [2.24, 2.45) is 45.6 Å². The molecule has 1 spiro atoms. The first-order valence-corrected chi connectivity index (χ1v) is 12.7. The lowest BCUT2D eigenvalue weighted by Crippen LogP contribution is -2.64. The molecule has 6 aliphatic rings. The molecule has 6 rings (SSSR count). The fraction of sp³-hybridized carbons (Fsp3) is 0.960. The maximum Gasteiger partial charge on any atom is 0.174 e. The number of rotatable bonds is 1. The smallest absolute Gasteiger partial charge is 0.174 e. The Labute approximate surface area is 190 Å². The lowest BCUT2D eigenvalue weighted by Gasteiger charge is -2.63. The van der Waals surface area contributed by atoms with Gasteiger partial charge in [-0.05, 0) is 68.1 Å². The summed E-state index contributed by atoms with van der Waals surface area (Å²) in [5, 5.41) is 25.7. The van der Waals surface area contributed by atoms with Gasteiger partial charge in [0.05, 0.1) is 38.2 Å². The van der Waals surface area contributed by atoms with Crippen LogP contribution in [-0.2, 0) is 18.9 Å². The summed E-state index contributed by atoms with van der Waals surface area (Å²) in [6.07, 6.45) is 6.03. The fourth-order valence-electron chi connectivity index (χ4n) is 9.65. The molecule has 0 unspecified atom stereocenters. The van der Waals surface area contributed by atoms with Crippen LogP contribution in [0.4, 0.5) is 0 Å². The molecule has 6 fully saturated rings. The van der Waals surface area contributed by atoms with Gasteiger partial charge in [-0.2, -0.15) is 0 Å². The van der Waals surface area contributed by atoms with E-state index in [4.69, 9.17) is 18.9 Å². The van der Waals surface area contributed by atoms with Gasteiger partial charge in [-0.3, -0.25) is 0 Å². The minimum Gasteiger partial charge on any atom is -0.411 e. The molecule has 0 amide bonds. The second-order valence-corrected chi connectivity index (χ2v) is 12.0. The van der Waals surface area contributed by atoms with E-state index >= 15 is 0 Å². The Kier molecular flexibility index (Phi) is 4.86. The Morgan fingerprint density at radius 1 is 0.875 bits per heavy atom. The second kappa shape index (κ2) is 7.14. The highest BCUT2D eigenvalue weighted by atomic mass is 16.7. The van der Waals surface area contributed by atoms with E-state index in [0.717, 1.165) is 44.2 Å². The minimum absolute atomic E-state index is 0.00699. The maximum absolute atomic E-state index is 11.8. The topological polar surface area (TPSA) is 89.7 Å². The van der Waals surface area contributed by atoms with Crippen LogP contribution in [0.1, 0.15) is 65.7 Å². The average molecular weight is 450 g/mol. The zero-order valence-corrected chi connectivity index (χ0v) is 19.7. The van der Waals surface area contributed by atoms with E-state index in [1.54, 1.807) is 0 Å². The van der Waals surface area contributed by atoms with Gasteiger partial charge >= 0.3 is 0 Å². The van der Waals surface area contributed by atoms with Gasteiger partial charge in [-0.1, -0.05) is 19.0 Å². The molecule has 180 valence electrons. The standard InChI is InChI=1S/C25H39NO6/c1-22-13-18(27)21-16(17(22)6-7-19(22)24(3)29-8-9-30-24)5-4-15-12-25(31-10-11-32-25)14-20(26-28)23(15,21)2/h15-19,21,27-28H,4-14H2,1-3H3/b26-20+/t15-,16-,17+,18-,19+,21+,22+,23-/m1/s1. The molecule has 0 aromatic carbocycles. The third-order valence-corrected chi connectivity index (χ3v) is 10.9. The number of aliphatic hydroxyl groups is 1. The van der Waals surface area contributed by atoms with Crippen molar-refractivity contribution in [3.63, 3.8) is 0 Å². The van der Waals surface area contributed by atoms with Crippen molar-refractivity contribution in [2.75, 3.05) is 26.4 Å². The Bertz CT molecular complexity index is 789. The molecule has 2 aliphatic heterocycles. The first-order valence-electron chi connectivity index (χ1n) is 12.7. The summed E-state index contributed by atoms with van der Waals surface area (Å²) < 4.78 is 24.3. The van der Waals surface area contributed by atoms with Gasteiger partial charge < -0.3 is 29.3 Å². The maximum atomic E-state index is 11.8. The van der Waals surface area contributed by atoms with Crippen LogP contribution in [0, 0.1) is 40.4 Å². The van der Waals surface area contributed by atoms with Gasteiger partial charge in [-0.15, -0.1) is 0 Å². The third-order valence-electron chi connectivity index (χ3n) is 10.9. The fourth-order valence-corrected chi connectivity index (χ4v) is 9.65. The quantitative estimate of drug-likeness (QED) is 0.470. The van der Waals surface area contributed by atoms with Gasteiger partial charge in [0.15, 0.2) is 11.6 Å². The summed E-state index contributed by atoms with van der Waals surface area (Å²) in [7, 11) is 0. The number of hydrogen-bond acceptors (Lipinski definition) is 7. The number of aliphatic hydroxyl groups excluding tert-OH is 1. The van der Waals surface area contributed by atoms with Crippen molar-refractivity contribution in [2.45, 2.75) is 83.4 Å². The number of ether oxygens (including phenoxy) is 4. The lowest BCUT2D eigenvalue weighted by atomic mass is 9.43. The van der Waals surface area contributed by atoms with Crippen LogP contribution in [0.5, 0.6) is 0 Å². The Hall–Kier alpha value is -0.730. The van der Waals surface area contributed by atoms with Gasteiger partial charge in [0.2, 0.25) is 0 Å². The van der Waals surface area contributed by atoms with Crippen LogP contribution < -0.4 is 0 Å². The molecule has 2 N–H and O–H groups in total. The summed E-state index contributed by atoms with van der Waals surface area (Å²) in [5.74, 6) is 0.441. The van der Waals surface area contributed by atoms with Crippen molar-refractivity contribution in [1.82, 2.24) is 0 Å². The summed E-state index contributed by atoms with van der Waals surface area (Å²) in [5.41, 5.74) is 0.422. The SMILES string of the molecule is CC1([C@H]2CC[C@H]3[C@H]4CC[C@@H]5CC6(C/C(=N\O)[C@]5(C)[C@@H]4[C@H](O)C[C@]23C)OCCO6)OCCO1. The van der Waals surface area contributed by atoms with E-state index in [1.165, 1.54) is 0 Å². The molecule has 0 bridgehead atoms. The average Bonchev–Trinajstić information content (AvgIpc) is 3.47. The summed E-state index contributed by atoms with van der Waals surface area (Å²) in [4.78, 5) is 0. The number of hydrogen-bond donors (Lipinski definition) is 2. The van der Waals surface area contributed by atoms with E-state index in [-0.39, 0.29) is 22.7 Å². The Morgan fingerprint density at radius 2 is 1.56 bits per heavy atom. The summed E-state index contributed by atoms with van der Waals surface area (Å²) >= 11 is 0. The van der Waals surface area contributed by atoms with Gasteiger partial charge in [-0.25, -0.2) is 0 Å². The summed E-state index contributed by atoms with van der Waals surface area (Å²) in [6, 6.07) is 0. The largest absolute Gasteiger partial charge is 0.411 e. The molecule has 7 heteroatoms. The molecule has 0 aromatic rings. The molecule has 4 saturated carbocycles. The predicted octanol–water partition coefficient (Wildman–Crippen LogP) is 3.56. The van der Waals surface area contributed by atoms with E-state index in [1.807, 2.05) is 0 Å². The highest BCUT2D eigenvalue weighted by molar-refractivity contribution is 5.92. The molecule has 0 radical (unpaired) electrons. The molecule has 8 atom stereocenters. The van der Waals surface area contributed by atoms with Crippen molar-refractivity contribution in [3.05, 3.63) is 0 Å². The Balaban J connectivity index is 1.34. The molecule has 2 heterocycles. The van der Waals surface area contributed by atoms with Crippen molar-refractivity contribution in [1.29, 1.82) is 0 Å².